The first-order valence-corrected chi connectivity index (χ1v) is 10.9. The molecule has 1 aromatic carbocycles. The highest BCUT2D eigenvalue weighted by Crippen LogP contribution is 2.18. The standard InChI is InChI=1S/C24H34N2O3/c1-4-6-8-9-15-28-22-17-25-24(26-18-22)21-13-11-20(12-14-21)16-19(3)29-23(27)10-7-5-2/h11-14,17-19H,4-10,15-16H2,1-3H3. The summed E-state index contributed by atoms with van der Waals surface area (Å²) < 4.78 is 11.2. The number of rotatable bonds is 13. The quantitative estimate of drug-likeness (QED) is 0.317. The van der Waals surface area contributed by atoms with Gasteiger partial charge < -0.3 is 9.47 Å². The molecular weight excluding hydrogens is 364 g/mol. The van der Waals surface area contributed by atoms with Gasteiger partial charge in [-0.2, -0.15) is 0 Å². The molecular formula is C24H34N2O3. The van der Waals surface area contributed by atoms with Gasteiger partial charge in [-0.05, 0) is 25.3 Å². The molecule has 0 N–H and O–H groups in total. The Kier molecular flexibility index (Phi) is 10.2. The molecule has 5 heteroatoms. The molecule has 0 amide bonds. The second-order valence-corrected chi connectivity index (χ2v) is 7.46. The molecule has 1 heterocycles. The highest BCUT2D eigenvalue weighted by molar-refractivity contribution is 5.69. The van der Waals surface area contributed by atoms with Gasteiger partial charge >= 0.3 is 5.97 Å². The van der Waals surface area contributed by atoms with Crippen LogP contribution in [0.5, 0.6) is 5.75 Å². The Morgan fingerprint density at radius 1 is 0.966 bits per heavy atom. The molecule has 0 radical (unpaired) electrons. The van der Waals surface area contributed by atoms with Crippen LogP contribution in [0.3, 0.4) is 0 Å². The number of unbranched alkanes of at least 4 members (excludes halogenated alkanes) is 4. The lowest BCUT2D eigenvalue weighted by molar-refractivity contribution is -0.148. The Morgan fingerprint density at radius 2 is 1.66 bits per heavy atom. The normalized spacial score (nSPS) is 11.8. The summed E-state index contributed by atoms with van der Waals surface area (Å²) >= 11 is 0. The summed E-state index contributed by atoms with van der Waals surface area (Å²) in [5, 5.41) is 0. The van der Waals surface area contributed by atoms with Gasteiger partial charge in [0, 0.05) is 18.4 Å². The van der Waals surface area contributed by atoms with E-state index in [1.165, 1.54) is 19.3 Å². The molecule has 158 valence electrons. The van der Waals surface area contributed by atoms with E-state index in [1.54, 1.807) is 12.4 Å². The van der Waals surface area contributed by atoms with E-state index in [0.717, 1.165) is 30.4 Å². The minimum atomic E-state index is -0.129. The van der Waals surface area contributed by atoms with Crippen LogP contribution < -0.4 is 4.74 Å². The van der Waals surface area contributed by atoms with Crippen molar-refractivity contribution in [2.24, 2.45) is 0 Å². The summed E-state index contributed by atoms with van der Waals surface area (Å²) in [5.41, 5.74) is 2.08. The van der Waals surface area contributed by atoms with Crippen LogP contribution >= 0.6 is 0 Å². The van der Waals surface area contributed by atoms with Crippen molar-refractivity contribution in [3.8, 4) is 17.1 Å². The predicted octanol–water partition coefficient (Wildman–Crippen LogP) is 5.77. The number of carbonyl (C=O) groups is 1. The summed E-state index contributed by atoms with van der Waals surface area (Å²) in [4.78, 5) is 20.6. The number of carbonyl (C=O) groups excluding carboxylic acids is 1. The fourth-order valence-corrected chi connectivity index (χ4v) is 3.03. The number of ether oxygens (including phenoxy) is 2. The van der Waals surface area contributed by atoms with Crippen molar-refractivity contribution in [2.45, 2.75) is 78.2 Å². The van der Waals surface area contributed by atoms with E-state index in [1.807, 2.05) is 31.2 Å². The van der Waals surface area contributed by atoms with Crippen LogP contribution in [0, 0.1) is 0 Å². The molecule has 0 aliphatic heterocycles. The van der Waals surface area contributed by atoms with Gasteiger partial charge in [0.1, 0.15) is 6.10 Å². The number of benzene rings is 1. The third-order valence-electron chi connectivity index (χ3n) is 4.70. The Bertz CT molecular complexity index is 714. The molecule has 2 rings (SSSR count). The van der Waals surface area contributed by atoms with Gasteiger partial charge in [-0.1, -0.05) is 63.8 Å². The number of esters is 1. The van der Waals surface area contributed by atoms with Crippen molar-refractivity contribution >= 4 is 5.97 Å². The average Bonchev–Trinajstić information content (AvgIpc) is 2.73. The third kappa shape index (κ3) is 8.63. The van der Waals surface area contributed by atoms with E-state index in [0.29, 0.717) is 31.0 Å². The van der Waals surface area contributed by atoms with Crippen molar-refractivity contribution in [3.05, 3.63) is 42.2 Å². The summed E-state index contributed by atoms with van der Waals surface area (Å²) in [7, 11) is 0. The van der Waals surface area contributed by atoms with E-state index in [9.17, 15) is 4.79 Å². The molecule has 1 unspecified atom stereocenters. The molecule has 0 saturated carbocycles. The topological polar surface area (TPSA) is 61.3 Å². The molecule has 0 aliphatic rings. The number of hydrogen-bond acceptors (Lipinski definition) is 5. The van der Waals surface area contributed by atoms with E-state index in [2.05, 4.69) is 23.8 Å². The van der Waals surface area contributed by atoms with Crippen molar-refractivity contribution in [2.75, 3.05) is 6.61 Å². The zero-order valence-corrected chi connectivity index (χ0v) is 18.0. The molecule has 0 spiro atoms. The lowest BCUT2D eigenvalue weighted by Gasteiger charge is -2.13. The summed E-state index contributed by atoms with van der Waals surface area (Å²) in [6.45, 7) is 6.90. The van der Waals surface area contributed by atoms with Crippen LogP contribution in [-0.4, -0.2) is 28.6 Å². The van der Waals surface area contributed by atoms with Crippen molar-refractivity contribution < 1.29 is 14.3 Å². The highest BCUT2D eigenvalue weighted by atomic mass is 16.5. The summed E-state index contributed by atoms with van der Waals surface area (Å²) in [6.07, 6.45) is 11.1. The van der Waals surface area contributed by atoms with E-state index >= 15 is 0 Å². The van der Waals surface area contributed by atoms with Crippen LogP contribution in [0.15, 0.2) is 36.7 Å². The molecule has 2 aromatic rings. The minimum absolute atomic E-state index is 0.114. The smallest absolute Gasteiger partial charge is 0.306 e. The number of hydrogen-bond donors (Lipinski definition) is 0. The van der Waals surface area contributed by atoms with Crippen molar-refractivity contribution in [1.82, 2.24) is 9.97 Å². The zero-order valence-electron chi connectivity index (χ0n) is 18.0. The average molecular weight is 399 g/mol. The molecule has 0 saturated heterocycles. The van der Waals surface area contributed by atoms with E-state index < -0.39 is 0 Å². The largest absolute Gasteiger partial charge is 0.490 e. The van der Waals surface area contributed by atoms with Gasteiger partial charge in [-0.25, -0.2) is 9.97 Å². The molecule has 29 heavy (non-hydrogen) atoms. The minimum Gasteiger partial charge on any atom is -0.490 e. The van der Waals surface area contributed by atoms with Crippen LogP contribution in [0.1, 0.15) is 71.3 Å². The first kappa shape index (κ1) is 22.9. The second-order valence-electron chi connectivity index (χ2n) is 7.46. The van der Waals surface area contributed by atoms with Crippen LogP contribution in [-0.2, 0) is 16.0 Å². The van der Waals surface area contributed by atoms with Gasteiger partial charge in [0.2, 0.25) is 0 Å². The number of aromatic nitrogens is 2. The maximum atomic E-state index is 11.7. The molecule has 1 atom stereocenters. The van der Waals surface area contributed by atoms with Crippen LogP contribution in [0.25, 0.3) is 11.4 Å². The fraction of sp³-hybridized carbons (Fsp3) is 0.542. The summed E-state index contributed by atoms with van der Waals surface area (Å²) in [6, 6.07) is 8.07. The Morgan fingerprint density at radius 3 is 2.31 bits per heavy atom. The molecule has 0 aliphatic carbocycles. The van der Waals surface area contributed by atoms with Crippen LogP contribution in [0.2, 0.25) is 0 Å². The Labute approximate surface area is 174 Å². The third-order valence-corrected chi connectivity index (χ3v) is 4.70. The van der Waals surface area contributed by atoms with Gasteiger partial charge in [-0.3, -0.25) is 4.79 Å². The van der Waals surface area contributed by atoms with Crippen molar-refractivity contribution in [1.29, 1.82) is 0 Å². The van der Waals surface area contributed by atoms with Gasteiger partial charge in [0.15, 0.2) is 11.6 Å². The predicted molar refractivity (Wildman–Crippen MR) is 116 cm³/mol. The summed E-state index contributed by atoms with van der Waals surface area (Å²) in [5.74, 6) is 1.27. The molecule has 5 nitrogen and oxygen atoms in total. The maximum absolute atomic E-state index is 11.7. The van der Waals surface area contributed by atoms with Crippen molar-refractivity contribution in [3.63, 3.8) is 0 Å². The molecule has 0 fully saturated rings. The Balaban J connectivity index is 1.82. The zero-order chi connectivity index (χ0) is 20.9. The van der Waals surface area contributed by atoms with Gasteiger partial charge in [0.25, 0.3) is 0 Å². The Hall–Kier alpha value is -2.43. The molecule has 0 bridgehead atoms. The lowest BCUT2D eigenvalue weighted by atomic mass is 10.1. The maximum Gasteiger partial charge on any atom is 0.306 e. The van der Waals surface area contributed by atoms with E-state index in [-0.39, 0.29) is 12.1 Å². The first-order valence-electron chi connectivity index (χ1n) is 10.9. The second kappa shape index (κ2) is 12.9. The van der Waals surface area contributed by atoms with E-state index in [4.69, 9.17) is 9.47 Å². The monoisotopic (exact) mass is 398 g/mol. The van der Waals surface area contributed by atoms with Gasteiger partial charge in [0.05, 0.1) is 19.0 Å². The van der Waals surface area contributed by atoms with Gasteiger partial charge in [-0.15, -0.1) is 0 Å². The van der Waals surface area contributed by atoms with Crippen LogP contribution in [0.4, 0.5) is 0 Å². The SMILES string of the molecule is CCCCCCOc1cnc(-c2ccc(CC(C)OC(=O)CCCC)cc2)nc1. The fourth-order valence-electron chi connectivity index (χ4n) is 3.03. The number of nitrogens with zero attached hydrogens (tertiary/aromatic N) is 2. The first-order chi connectivity index (χ1) is 14.1. The molecule has 1 aromatic heterocycles. The highest BCUT2D eigenvalue weighted by Gasteiger charge is 2.10. The lowest BCUT2D eigenvalue weighted by Crippen LogP contribution is -2.17.